The Morgan fingerprint density at radius 3 is 3.00 bits per heavy atom. The van der Waals surface area contributed by atoms with E-state index in [0.29, 0.717) is 47.9 Å². The minimum atomic E-state index is -1.93. The van der Waals surface area contributed by atoms with Gasteiger partial charge in [-0.05, 0) is 36.2 Å². The molecular weight excluding hydrogens is 482 g/mol. The molecule has 0 bridgehead atoms. The minimum Gasteiger partial charge on any atom is -0.481 e. The summed E-state index contributed by atoms with van der Waals surface area (Å²) in [5, 5.41) is 27.5. The number of nitrogens with zero attached hydrogens (tertiary/aromatic N) is 3. The summed E-state index contributed by atoms with van der Waals surface area (Å²) in [5.74, 6) is 0.111. The van der Waals surface area contributed by atoms with Gasteiger partial charge in [0.15, 0.2) is 5.60 Å². The van der Waals surface area contributed by atoms with Gasteiger partial charge in [-0.15, -0.1) is 11.8 Å². The third-order valence-corrected chi connectivity index (χ3v) is 7.67. The number of benzene rings is 1. The lowest BCUT2D eigenvalue weighted by molar-refractivity contribution is -0.157. The molecule has 2 aliphatic heterocycles. The van der Waals surface area contributed by atoms with E-state index in [0.717, 1.165) is 16.1 Å². The van der Waals surface area contributed by atoms with Crippen LogP contribution in [0.15, 0.2) is 47.5 Å². The van der Waals surface area contributed by atoms with Crippen molar-refractivity contribution in [2.45, 2.75) is 29.4 Å². The number of carbonyl (C=O) groups is 2. The fourth-order valence-electron chi connectivity index (χ4n) is 4.48. The van der Waals surface area contributed by atoms with E-state index >= 15 is 0 Å². The maximum absolute atomic E-state index is 13.1. The molecule has 0 spiro atoms. The Labute approximate surface area is 212 Å². The highest BCUT2D eigenvalue weighted by atomic mass is 32.2. The SMILES string of the molecule is COc1ccc2nccc(NC(=O)[C@@]3(O)CCN(CCc4ccc5c(c4)NC(=O)CS5)C[C@@H]3O)c2n1. The molecule has 1 saturated heterocycles. The number of anilines is 2. The highest BCUT2D eigenvalue weighted by Gasteiger charge is 2.47. The summed E-state index contributed by atoms with van der Waals surface area (Å²) < 4.78 is 5.17. The highest BCUT2D eigenvalue weighted by molar-refractivity contribution is 8.00. The summed E-state index contributed by atoms with van der Waals surface area (Å²) >= 11 is 1.52. The molecule has 4 heterocycles. The second-order valence-electron chi connectivity index (χ2n) is 8.94. The zero-order chi connectivity index (χ0) is 25.3. The number of hydrogen-bond donors (Lipinski definition) is 4. The Kier molecular flexibility index (Phi) is 6.80. The van der Waals surface area contributed by atoms with Gasteiger partial charge in [-0.2, -0.15) is 0 Å². The van der Waals surface area contributed by atoms with Crippen LogP contribution >= 0.6 is 11.8 Å². The first kappa shape index (κ1) is 24.4. The number of amides is 2. The topological polar surface area (TPSA) is 137 Å². The number of rotatable bonds is 6. The van der Waals surface area contributed by atoms with Crippen LogP contribution < -0.4 is 15.4 Å². The number of β-amino-alcohol motifs (C(OH)–C–C–N with tert-alkyl or cyclic N) is 1. The molecule has 3 aromatic rings. The first-order chi connectivity index (χ1) is 17.4. The van der Waals surface area contributed by atoms with Gasteiger partial charge in [0.05, 0.1) is 29.8 Å². The molecule has 4 N–H and O–H groups in total. The molecule has 2 aromatic heterocycles. The summed E-state index contributed by atoms with van der Waals surface area (Å²) in [6, 6.07) is 11.0. The van der Waals surface area contributed by atoms with E-state index in [1.165, 1.54) is 18.9 Å². The molecule has 5 rings (SSSR count). The Balaban J connectivity index is 1.22. The normalized spacial score (nSPS) is 22.1. The predicted molar refractivity (Wildman–Crippen MR) is 136 cm³/mol. The quantitative estimate of drug-likeness (QED) is 0.391. The van der Waals surface area contributed by atoms with E-state index in [4.69, 9.17) is 4.74 Å². The van der Waals surface area contributed by atoms with Crippen LogP contribution in [-0.4, -0.2) is 81.1 Å². The molecule has 0 aliphatic carbocycles. The average Bonchev–Trinajstić information content (AvgIpc) is 2.89. The van der Waals surface area contributed by atoms with Crippen LogP contribution in [0.5, 0.6) is 5.88 Å². The van der Waals surface area contributed by atoms with E-state index in [-0.39, 0.29) is 18.9 Å². The van der Waals surface area contributed by atoms with Gasteiger partial charge in [0.2, 0.25) is 11.8 Å². The van der Waals surface area contributed by atoms with Crippen molar-refractivity contribution in [1.82, 2.24) is 14.9 Å². The molecule has 1 fully saturated rings. The van der Waals surface area contributed by atoms with E-state index in [1.54, 1.807) is 24.4 Å². The number of aromatic nitrogens is 2. The lowest BCUT2D eigenvalue weighted by Crippen LogP contribution is -2.61. The molecule has 10 nitrogen and oxygen atoms in total. The van der Waals surface area contributed by atoms with Crippen molar-refractivity contribution in [3.8, 4) is 5.88 Å². The van der Waals surface area contributed by atoms with E-state index in [2.05, 4.69) is 20.6 Å². The van der Waals surface area contributed by atoms with Crippen molar-refractivity contribution in [2.24, 2.45) is 0 Å². The van der Waals surface area contributed by atoms with E-state index < -0.39 is 17.6 Å². The number of aliphatic hydroxyl groups is 2. The standard InChI is InChI=1S/C25H27N5O5S/c1-35-22-5-3-16-23(29-22)17(6-9-26-16)28-24(33)25(34)8-11-30(13-20(25)31)10-7-15-2-4-19-18(12-15)27-21(32)14-36-19/h2-6,9,12,20,31,34H,7-8,10-11,13-14H2,1H3,(H,27,32)(H,26,28,33)/t20-,25+/m0/s1. The second kappa shape index (κ2) is 10.0. The molecule has 188 valence electrons. The van der Waals surface area contributed by atoms with Crippen molar-refractivity contribution in [3.63, 3.8) is 0 Å². The lowest BCUT2D eigenvalue weighted by Gasteiger charge is -2.40. The van der Waals surface area contributed by atoms with Crippen molar-refractivity contribution in [2.75, 3.05) is 43.1 Å². The fraction of sp³-hybridized carbons (Fsp3) is 0.360. The van der Waals surface area contributed by atoms with Gasteiger partial charge in [-0.25, -0.2) is 4.98 Å². The maximum Gasteiger partial charge on any atom is 0.259 e. The molecule has 0 unspecified atom stereocenters. The van der Waals surface area contributed by atoms with Crippen LogP contribution in [0.1, 0.15) is 12.0 Å². The number of fused-ring (bicyclic) bond motifs is 2. The average molecular weight is 510 g/mol. The number of thioether (sulfide) groups is 1. The number of hydrogen-bond acceptors (Lipinski definition) is 9. The molecule has 2 aliphatic rings. The number of likely N-dealkylation sites (tertiary alicyclic amines) is 1. The maximum atomic E-state index is 13.1. The largest absolute Gasteiger partial charge is 0.481 e. The van der Waals surface area contributed by atoms with Crippen molar-refractivity contribution >= 4 is 46.0 Å². The van der Waals surface area contributed by atoms with Crippen molar-refractivity contribution < 1.29 is 24.5 Å². The zero-order valence-corrected chi connectivity index (χ0v) is 20.5. The Hall–Kier alpha value is -3.25. The lowest BCUT2D eigenvalue weighted by atomic mass is 9.87. The molecular formula is C25H27N5O5S. The number of methoxy groups -OCH3 is 1. The number of piperidine rings is 1. The van der Waals surface area contributed by atoms with Crippen molar-refractivity contribution in [3.05, 3.63) is 48.2 Å². The summed E-state index contributed by atoms with van der Waals surface area (Å²) in [6.07, 6.45) is 1.07. The predicted octanol–water partition coefficient (Wildman–Crippen LogP) is 1.66. The molecule has 36 heavy (non-hydrogen) atoms. The fourth-order valence-corrected chi connectivity index (χ4v) is 5.26. The van der Waals surface area contributed by atoms with E-state index in [1.807, 2.05) is 23.1 Å². The number of nitrogens with one attached hydrogen (secondary N) is 2. The Bertz CT molecular complexity index is 1320. The summed E-state index contributed by atoms with van der Waals surface area (Å²) in [7, 11) is 1.50. The Morgan fingerprint density at radius 1 is 1.33 bits per heavy atom. The number of carbonyl (C=O) groups excluding carboxylic acids is 2. The smallest absolute Gasteiger partial charge is 0.259 e. The minimum absolute atomic E-state index is 0.00366. The van der Waals surface area contributed by atoms with Crippen LogP contribution in [0, 0.1) is 0 Å². The van der Waals surface area contributed by atoms with Gasteiger partial charge in [0, 0.05) is 43.2 Å². The van der Waals surface area contributed by atoms with Crippen LogP contribution in [0.3, 0.4) is 0 Å². The van der Waals surface area contributed by atoms with E-state index in [9.17, 15) is 19.8 Å². The second-order valence-corrected chi connectivity index (χ2v) is 9.96. The van der Waals surface area contributed by atoms with Crippen LogP contribution in [-0.2, 0) is 16.0 Å². The molecule has 0 radical (unpaired) electrons. The number of ether oxygens (including phenoxy) is 1. The first-order valence-electron chi connectivity index (χ1n) is 11.7. The van der Waals surface area contributed by atoms with Gasteiger partial charge in [-0.1, -0.05) is 6.07 Å². The monoisotopic (exact) mass is 509 g/mol. The summed E-state index contributed by atoms with van der Waals surface area (Å²) in [5.41, 5.74) is 1.34. The molecule has 11 heteroatoms. The van der Waals surface area contributed by atoms with Crippen LogP contribution in [0.2, 0.25) is 0 Å². The molecule has 1 aromatic carbocycles. The van der Waals surface area contributed by atoms with Gasteiger partial charge < -0.3 is 30.5 Å². The number of aliphatic hydroxyl groups excluding tert-OH is 1. The molecule has 2 amide bonds. The number of pyridine rings is 2. The molecule has 0 saturated carbocycles. The van der Waals surface area contributed by atoms with Gasteiger partial charge in [0.25, 0.3) is 5.91 Å². The van der Waals surface area contributed by atoms with Gasteiger partial charge in [-0.3, -0.25) is 14.6 Å². The first-order valence-corrected chi connectivity index (χ1v) is 12.6. The zero-order valence-electron chi connectivity index (χ0n) is 19.7. The van der Waals surface area contributed by atoms with Crippen molar-refractivity contribution in [1.29, 1.82) is 0 Å². The van der Waals surface area contributed by atoms with Gasteiger partial charge >= 0.3 is 0 Å². The molecule has 2 atom stereocenters. The Morgan fingerprint density at radius 2 is 2.19 bits per heavy atom. The third-order valence-electron chi connectivity index (χ3n) is 6.59. The third kappa shape index (κ3) is 4.87. The van der Waals surface area contributed by atoms with Crippen LogP contribution in [0.25, 0.3) is 11.0 Å². The van der Waals surface area contributed by atoms with Crippen LogP contribution in [0.4, 0.5) is 11.4 Å². The highest BCUT2D eigenvalue weighted by Crippen LogP contribution is 2.32. The summed E-state index contributed by atoms with van der Waals surface area (Å²) in [6.45, 7) is 1.25. The summed E-state index contributed by atoms with van der Waals surface area (Å²) in [4.78, 5) is 36.4. The van der Waals surface area contributed by atoms with Gasteiger partial charge in [0.1, 0.15) is 11.6 Å².